The first-order valence-corrected chi connectivity index (χ1v) is 3.14. The maximum absolute atomic E-state index is 10.1. The van der Waals surface area contributed by atoms with E-state index in [1.807, 2.05) is 0 Å². The molecule has 1 aliphatic rings. The number of carboxylic acids is 1. The molecule has 1 rings (SSSR count). The number of hydrogen-bond donors (Lipinski definition) is 1. The number of hydrogen-bond acceptors (Lipinski definition) is 3. The van der Waals surface area contributed by atoms with Gasteiger partial charge in [-0.05, 0) is 6.42 Å². The fourth-order valence-electron chi connectivity index (χ4n) is 0.777. The smallest absolute Gasteiger partial charge is 0.303 e. The van der Waals surface area contributed by atoms with E-state index in [9.17, 15) is 4.79 Å². The van der Waals surface area contributed by atoms with Crippen LogP contribution in [0.1, 0.15) is 12.8 Å². The fourth-order valence-corrected chi connectivity index (χ4v) is 0.777. The lowest BCUT2D eigenvalue weighted by Crippen LogP contribution is -2.11. The van der Waals surface area contributed by atoms with E-state index in [-0.39, 0.29) is 12.5 Å². The number of rotatable bonds is 3. The zero-order valence-corrected chi connectivity index (χ0v) is 5.49. The van der Waals surface area contributed by atoms with E-state index in [0.717, 1.165) is 0 Å². The molecule has 1 atom stereocenters. The zero-order valence-electron chi connectivity index (χ0n) is 5.49. The van der Waals surface area contributed by atoms with Gasteiger partial charge in [0.2, 0.25) is 0 Å². The van der Waals surface area contributed by atoms with Crippen molar-refractivity contribution in [3.05, 3.63) is 0 Å². The molecular weight excluding hydrogens is 134 g/mol. The molecule has 0 fully saturated rings. The Morgan fingerprint density at radius 2 is 2.70 bits per heavy atom. The number of nitrogens with zero attached hydrogens (tertiary/aromatic N) is 1. The highest BCUT2D eigenvalue weighted by Crippen LogP contribution is 2.05. The van der Waals surface area contributed by atoms with Crippen molar-refractivity contribution in [2.24, 2.45) is 4.99 Å². The van der Waals surface area contributed by atoms with E-state index in [0.29, 0.717) is 13.0 Å². The second-order valence-corrected chi connectivity index (χ2v) is 2.16. The quantitative estimate of drug-likeness (QED) is 0.617. The van der Waals surface area contributed by atoms with Gasteiger partial charge in [0.1, 0.15) is 6.10 Å². The highest BCUT2D eigenvalue weighted by Gasteiger charge is 2.13. The van der Waals surface area contributed by atoms with Crippen LogP contribution in [-0.2, 0) is 9.53 Å². The topological polar surface area (TPSA) is 58.9 Å². The van der Waals surface area contributed by atoms with Gasteiger partial charge in [-0.2, -0.15) is 0 Å². The van der Waals surface area contributed by atoms with Crippen LogP contribution in [0.3, 0.4) is 0 Å². The van der Waals surface area contributed by atoms with E-state index in [1.54, 1.807) is 0 Å². The molecule has 0 saturated carbocycles. The molecule has 4 nitrogen and oxygen atoms in total. The first-order chi connectivity index (χ1) is 4.79. The molecule has 0 saturated heterocycles. The van der Waals surface area contributed by atoms with Crippen LogP contribution in [-0.4, -0.2) is 30.1 Å². The van der Waals surface area contributed by atoms with E-state index in [1.165, 1.54) is 6.40 Å². The van der Waals surface area contributed by atoms with Crippen molar-refractivity contribution in [3.8, 4) is 0 Å². The van der Waals surface area contributed by atoms with Crippen molar-refractivity contribution in [2.45, 2.75) is 18.9 Å². The number of ether oxygens (including phenoxy) is 1. The molecule has 10 heavy (non-hydrogen) atoms. The van der Waals surface area contributed by atoms with Gasteiger partial charge in [-0.1, -0.05) is 0 Å². The molecule has 0 spiro atoms. The molecule has 0 aromatic rings. The molecular formula is C6H9NO3. The number of aliphatic carboxylic acids is 1. The van der Waals surface area contributed by atoms with Gasteiger partial charge < -0.3 is 9.84 Å². The first-order valence-electron chi connectivity index (χ1n) is 3.14. The summed E-state index contributed by atoms with van der Waals surface area (Å²) >= 11 is 0. The van der Waals surface area contributed by atoms with Crippen LogP contribution in [0.2, 0.25) is 0 Å². The van der Waals surface area contributed by atoms with Crippen molar-refractivity contribution in [3.63, 3.8) is 0 Å². The number of carbonyl (C=O) groups is 1. The summed E-state index contributed by atoms with van der Waals surface area (Å²) in [6, 6.07) is 0. The minimum absolute atomic E-state index is 0.00361. The summed E-state index contributed by atoms with van der Waals surface area (Å²) in [5.74, 6) is -0.782. The van der Waals surface area contributed by atoms with E-state index >= 15 is 0 Å². The molecule has 1 unspecified atom stereocenters. The molecule has 0 aromatic carbocycles. The Bertz CT molecular complexity index is 147. The Labute approximate surface area is 58.5 Å². The lowest BCUT2D eigenvalue weighted by atomic mass is 10.2. The van der Waals surface area contributed by atoms with E-state index in [2.05, 4.69) is 4.99 Å². The Morgan fingerprint density at radius 1 is 1.90 bits per heavy atom. The first kappa shape index (κ1) is 7.05. The fraction of sp³-hybridized carbons (Fsp3) is 0.667. The number of carboxylic acid groups (broad SMARTS) is 1. The van der Waals surface area contributed by atoms with Crippen LogP contribution in [0.15, 0.2) is 4.99 Å². The normalized spacial score (nSPS) is 22.6. The van der Waals surface area contributed by atoms with E-state index in [4.69, 9.17) is 9.84 Å². The molecule has 0 radical (unpaired) electrons. The van der Waals surface area contributed by atoms with Gasteiger partial charge in [0, 0.05) is 6.42 Å². The molecule has 1 N–H and O–H groups in total. The lowest BCUT2D eigenvalue weighted by molar-refractivity contribution is -0.137. The standard InChI is InChI=1S/C6H9NO3/c8-6(9)2-1-5-3-7-4-10-5/h4-5H,1-3H2,(H,8,9). The second kappa shape index (κ2) is 3.20. The van der Waals surface area contributed by atoms with Crippen molar-refractivity contribution in [2.75, 3.05) is 6.54 Å². The van der Waals surface area contributed by atoms with Crippen molar-refractivity contribution in [1.82, 2.24) is 0 Å². The molecule has 1 aliphatic heterocycles. The van der Waals surface area contributed by atoms with Gasteiger partial charge in [0.05, 0.1) is 6.54 Å². The monoisotopic (exact) mass is 143 g/mol. The maximum Gasteiger partial charge on any atom is 0.303 e. The van der Waals surface area contributed by atoms with Gasteiger partial charge in [-0.15, -0.1) is 0 Å². The average Bonchev–Trinajstić information content (AvgIpc) is 2.34. The second-order valence-electron chi connectivity index (χ2n) is 2.16. The zero-order chi connectivity index (χ0) is 7.40. The van der Waals surface area contributed by atoms with Crippen LogP contribution in [0, 0.1) is 0 Å². The van der Waals surface area contributed by atoms with Crippen molar-refractivity contribution < 1.29 is 14.6 Å². The number of aliphatic imine (C=N–C) groups is 1. The predicted octanol–water partition coefficient (Wildman–Crippen LogP) is 0.278. The van der Waals surface area contributed by atoms with Crippen LogP contribution >= 0.6 is 0 Å². The summed E-state index contributed by atoms with van der Waals surface area (Å²) in [5, 5.41) is 8.28. The minimum atomic E-state index is -0.782. The molecule has 0 aromatic heterocycles. The lowest BCUT2D eigenvalue weighted by Gasteiger charge is -2.04. The van der Waals surface area contributed by atoms with Crippen molar-refractivity contribution in [1.29, 1.82) is 0 Å². The third kappa shape index (κ3) is 2.05. The molecule has 4 heteroatoms. The molecule has 0 aliphatic carbocycles. The highest BCUT2D eigenvalue weighted by molar-refractivity contribution is 5.66. The minimum Gasteiger partial charge on any atom is -0.481 e. The molecule has 1 heterocycles. The molecule has 0 bridgehead atoms. The van der Waals surface area contributed by atoms with Gasteiger partial charge in [0.25, 0.3) is 0 Å². The Balaban J connectivity index is 2.09. The summed E-state index contributed by atoms with van der Waals surface area (Å²) in [7, 11) is 0. The summed E-state index contributed by atoms with van der Waals surface area (Å²) in [4.78, 5) is 13.9. The molecule has 56 valence electrons. The summed E-state index contributed by atoms with van der Waals surface area (Å²) < 4.78 is 4.95. The summed E-state index contributed by atoms with van der Waals surface area (Å²) in [6.45, 7) is 0.604. The van der Waals surface area contributed by atoms with Gasteiger partial charge in [0.15, 0.2) is 6.40 Å². The van der Waals surface area contributed by atoms with Crippen molar-refractivity contribution >= 4 is 12.4 Å². The van der Waals surface area contributed by atoms with Gasteiger partial charge in [-0.25, -0.2) is 0 Å². The highest BCUT2D eigenvalue weighted by atomic mass is 16.5. The van der Waals surface area contributed by atoms with Crippen LogP contribution in [0.25, 0.3) is 0 Å². The predicted molar refractivity (Wildman–Crippen MR) is 35.1 cm³/mol. The third-order valence-electron chi connectivity index (χ3n) is 1.32. The SMILES string of the molecule is O=C(O)CCC1CN=CO1. The van der Waals surface area contributed by atoms with Crippen LogP contribution in [0.4, 0.5) is 0 Å². The van der Waals surface area contributed by atoms with Crippen LogP contribution in [0.5, 0.6) is 0 Å². The van der Waals surface area contributed by atoms with Gasteiger partial charge >= 0.3 is 5.97 Å². The summed E-state index contributed by atoms with van der Waals surface area (Å²) in [5.41, 5.74) is 0. The Morgan fingerprint density at radius 3 is 3.20 bits per heavy atom. The Hall–Kier alpha value is -1.06. The van der Waals surface area contributed by atoms with Gasteiger partial charge in [-0.3, -0.25) is 9.79 Å². The summed E-state index contributed by atoms with van der Waals surface area (Å²) in [6.07, 6.45) is 2.09. The van der Waals surface area contributed by atoms with Crippen LogP contribution < -0.4 is 0 Å². The third-order valence-corrected chi connectivity index (χ3v) is 1.32. The average molecular weight is 143 g/mol. The maximum atomic E-state index is 10.1. The van der Waals surface area contributed by atoms with E-state index < -0.39 is 5.97 Å². The largest absolute Gasteiger partial charge is 0.481 e. The Kier molecular flexibility index (Phi) is 2.25. The molecule has 0 amide bonds.